The standard InChI is InChI=1S/C29H26ClN3O2S/c1-17-5-10-22(11-6-17)32-27(34)24(16-31)29-33(23-12-8-18(2)20(4)13-23)28(35)26(36-29)15-21-9-7-19(3)25(30)14-21/h5-14,26H,15H2,1-4H3,(H,32,34)/b29-24-/t26-/m0/s1. The van der Waals surface area contributed by atoms with E-state index in [4.69, 9.17) is 11.6 Å². The van der Waals surface area contributed by atoms with E-state index in [-0.39, 0.29) is 11.5 Å². The summed E-state index contributed by atoms with van der Waals surface area (Å²) < 4.78 is 0. The molecule has 2 amide bonds. The summed E-state index contributed by atoms with van der Waals surface area (Å²) in [5, 5.41) is 13.3. The Bertz CT molecular complexity index is 1420. The molecule has 1 aliphatic rings. The van der Waals surface area contributed by atoms with Gasteiger partial charge in [-0.2, -0.15) is 5.26 Å². The van der Waals surface area contributed by atoms with E-state index in [1.54, 1.807) is 12.1 Å². The number of aryl methyl sites for hydroxylation is 4. The van der Waals surface area contributed by atoms with Crippen LogP contribution in [0, 0.1) is 39.0 Å². The third-order valence-electron chi connectivity index (χ3n) is 6.22. The van der Waals surface area contributed by atoms with E-state index in [1.807, 2.05) is 76.2 Å². The Kier molecular flexibility index (Phi) is 7.53. The van der Waals surface area contributed by atoms with Crippen LogP contribution in [0.15, 0.2) is 71.3 Å². The predicted octanol–water partition coefficient (Wildman–Crippen LogP) is 6.64. The Labute approximate surface area is 220 Å². The first-order valence-corrected chi connectivity index (χ1v) is 12.8. The minimum absolute atomic E-state index is 0.100. The van der Waals surface area contributed by atoms with E-state index in [0.717, 1.165) is 27.8 Å². The van der Waals surface area contributed by atoms with Crippen LogP contribution in [0.2, 0.25) is 5.02 Å². The Balaban J connectivity index is 1.74. The maximum absolute atomic E-state index is 13.7. The fraction of sp³-hybridized carbons (Fsp3) is 0.207. The number of nitrogens with one attached hydrogen (secondary N) is 1. The van der Waals surface area contributed by atoms with Crippen molar-refractivity contribution in [2.24, 2.45) is 0 Å². The number of hydrogen-bond acceptors (Lipinski definition) is 4. The van der Waals surface area contributed by atoms with Gasteiger partial charge in [-0.05, 0) is 86.7 Å². The first kappa shape index (κ1) is 25.6. The average molecular weight is 516 g/mol. The smallest absolute Gasteiger partial charge is 0.269 e. The topological polar surface area (TPSA) is 73.2 Å². The number of halogens is 1. The van der Waals surface area contributed by atoms with Crippen molar-refractivity contribution >= 4 is 46.6 Å². The molecule has 0 spiro atoms. The van der Waals surface area contributed by atoms with Crippen molar-refractivity contribution in [1.29, 1.82) is 5.26 Å². The van der Waals surface area contributed by atoms with Gasteiger partial charge in [0.25, 0.3) is 5.91 Å². The van der Waals surface area contributed by atoms with Crippen molar-refractivity contribution in [2.75, 3.05) is 10.2 Å². The molecule has 36 heavy (non-hydrogen) atoms. The molecule has 1 N–H and O–H groups in total. The number of rotatable bonds is 5. The molecule has 182 valence electrons. The number of anilines is 2. The van der Waals surface area contributed by atoms with Crippen LogP contribution in [0.3, 0.4) is 0 Å². The second-order valence-electron chi connectivity index (χ2n) is 8.95. The molecule has 0 aromatic heterocycles. The van der Waals surface area contributed by atoms with Crippen molar-refractivity contribution in [3.63, 3.8) is 0 Å². The lowest BCUT2D eigenvalue weighted by Crippen LogP contribution is -2.31. The molecule has 5 nitrogen and oxygen atoms in total. The van der Waals surface area contributed by atoms with Gasteiger partial charge < -0.3 is 5.32 Å². The highest BCUT2D eigenvalue weighted by Gasteiger charge is 2.41. The summed E-state index contributed by atoms with van der Waals surface area (Å²) in [6, 6.07) is 20.8. The molecule has 3 aromatic carbocycles. The number of hydrogen-bond donors (Lipinski definition) is 1. The van der Waals surface area contributed by atoms with E-state index < -0.39 is 11.2 Å². The fourth-order valence-electron chi connectivity index (χ4n) is 3.89. The third kappa shape index (κ3) is 5.33. The summed E-state index contributed by atoms with van der Waals surface area (Å²) >= 11 is 7.56. The first-order chi connectivity index (χ1) is 17.2. The number of thioether (sulfide) groups is 1. The zero-order valence-electron chi connectivity index (χ0n) is 20.6. The van der Waals surface area contributed by atoms with Gasteiger partial charge in [0.1, 0.15) is 16.7 Å². The molecule has 0 radical (unpaired) electrons. The van der Waals surface area contributed by atoms with E-state index in [9.17, 15) is 14.9 Å². The Morgan fingerprint density at radius 1 is 1.00 bits per heavy atom. The number of carbonyl (C=O) groups excluding carboxylic acids is 2. The van der Waals surface area contributed by atoms with Crippen molar-refractivity contribution in [2.45, 2.75) is 39.4 Å². The summed E-state index contributed by atoms with van der Waals surface area (Å²) in [5.74, 6) is -0.727. The molecular weight excluding hydrogens is 490 g/mol. The van der Waals surface area contributed by atoms with Crippen LogP contribution in [-0.2, 0) is 16.0 Å². The number of amides is 2. The normalized spacial score (nSPS) is 16.6. The van der Waals surface area contributed by atoms with Crippen molar-refractivity contribution < 1.29 is 9.59 Å². The zero-order valence-corrected chi connectivity index (χ0v) is 22.1. The minimum Gasteiger partial charge on any atom is -0.321 e. The number of carbonyl (C=O) groups is 2. The van der Waals surface area contributed by atoms with Crippen LogP contribution >= 0.6 is 23.4 Å². The maximum atomic E-state index is 13.7. The highest BCUT2D eigenvalue weighted by Crippen LogP contribution is 2.42. The Hall–Kier alpha value is -3.53. The number of nitriles is 1. The third-order valence-corrected chi connectivity index (χ3v) is 7.89. The van der Waals surface area contributed by atoms with Crippen LogP contribution in [0.25, 0.3) is 0 Å². The molecule has 0 saturated carbocycles. The van der Waals surface area contributed by atoms with Gasteiger partial charge >= 0.3 is 0 Å². The van der Waals surface area contributed by atoms with Crippen LogP contribution in [0.4, 0.5) is 11.4 Å². The van der Waals surface area contributed by atoms with Crippen molar-refractivity contribution in [3.05, 3.63) is 104 Å². The number of benzene rings is 3. The molecule has 0 unspecified atom stereocenters. The van der Waals surface area contributed by atoms with Gasteiger partial charge in [0.15, 0.2) is 0 Å². The molecule has 0 bridgehead atoms. The summed E-state index contributed by atoms with van der Waals surface area (Å²) in [6.45, 7) is 7.85. The second-order valence-corrected chi connectivity index (χ2v) is 10.5. The molecule has 7 heteroatoms. The second kappa shape index (κ2) is 10.6. The predicted molar refractivity (Wildman–Crippen MR) is 147 cm³/mol. The fourth-order valence-corrected chi connectivity index (χ4v) is 5.41. The molecule has 4 rings (SSSR count). The lowest BCUT2D eigenvalue weighted by molar-refractivity contribution is -0.117. The van der Waals surface area contributed by atoms with Crippen LogP contribution in [-0.4, -0.2) is 17.1 Å². The van der Waals surface area contributed by atoms with Crippen LogP contribution in [0.1, 0.15) is 27.8 Å². The molecule has 1 saturated heterocycles. The lowest BCUT2D eigenvalue weighted by atomic mass is 10.1. The van der Waals surface area contributed by atoms with E-state index in [2.05, 4.69) is 11.4 Å². The quantitative estimate of drug-likeness (QED) is 0.305. The number of nitrogens with zero attached hydrogens (tertiary/aromatic N) is 2. The van der Waals surface area contributed by atoms with E-state index in [1.165, 1.54) is 16.7 Å². The molecule has 1 atom stereocenters. The van der Waals surface area contributed by atoms with Crippen molar-refractivity contribution in [1.82, 2.24) is 0 Å². The summed E-state index contributed by atoms with van der Waals surface area (Å²) in [4.78, 5) is 28.4. The van der Waals surface area contributed by atoms with Crippen molar-refractivity contribution in [3.8, 4) is 6.07 Å². The summed E-state index contributed by atoms with van der Waals surface area (Å²) in [7, 11) is 0. The lowest BCUT2D eigenvalue weighted by Gasteiger charge is -2.20. The zero-order chi connectivity index (χ0) is 26.0. The summed E-state index contributed by atoms with van der Waals surface area (Å²) in [5.41, 5.74) is 6.15. The molecule has 3 aromatic rings. The monoisotopic (exact) mass is 515 g/mol. The first-order valence-electron chi connectivity index (χ1n) is 11.5. The highest BCUT2D eigenvalue weighted by atomic mass is 35.5. The van der Waals surface area contributed by atoms with Gasteiger partial charge in [-0.3, -0.25) is 14.5 Å². The molecular formula is C29H26ClN3O2S. The van der Waals surface area contributed by atoms with E-state index in [0.29, 0.717) is 27.8 Å². The van der Waals surface area contributed by atoms with Gasteiger partial charge in [-0.15, -0.1) is 0 Å². The van der Waals surface area contributed by atoms with Gasteiger partial charge in [0.05, 0.1) is 5.25 Å². The van der Waals surface area contributed by atoms with Gasteiger partial charge in [0.2, 0.25) is 5.91 Å². The SMILES string of the molecule is Cc1ccc(NC(=O)/C(C#N)=C2\S[C@@H](Cc3ccc(C)c(Cl)c3)C(=O)N2c2ccc(C)c(C)c2)cc1. The highest BCUT2D eigenvalue weighted by molar-refractivity contribution is 8.05. The van der Waals surface area contributed by atoms with E-state index >= 15 is 0 Å². The van der Waals surface area contributed by atoms with Gasteiger partial charge in [-0.25, -0.2) is 0 Å². The Morgan fingerprint density at radius 2 is 1.69 bits per heavy atom. The average Bonchev–Trinajstić information content (AvgIpc) is 3.15. The minimum atomic E-state index is -0.551. The van der Waals surface area contributed by atoms with Gasteiger partial charge in [-0.1, -0.05) is 59.3 Å². The molecule has 0 aliphatic carbocycles. The van der Waals surface area contributed by atoms with Crippen LogP contribution in [0.5, 0.6) is 0 Å². The van der Waals surface area contributed by atoms with Gasteiger partial charge in [0, 0.05) is 16.4 Å². The molecule has 1 heterocycles. The Morgan fingerprint density at radius 3 is 2.33 bits per heavy atom. The molecule has 1 aliphatic heterocycles. The molecule has 1 fully saturated rings. The largest absolute Gasteiger partial charge is 0.321 e. The maximum Gasteiger partial charge on any atom is 0.269 e. The summed E-state index contributed by atoms with van der Waals surface area (Å²) in [6.07, 6.45) is 0.423. The van der Waals surface area contributed by atoms with Crippen LogP contribution < -0.4 is 10.2 Å².